The fraction of sp³-hybridized carbons (Fsp3) is 0.619. The second-order valence-electron chi connectivity index (χ2n) is 7.06. The van der Waals surface area contributed by atoms with E-state index >= 15 is 0 Å². The minimum absolute atomic E-state index is 0.194. The molecule has 1 heterocycles. The van der Waals surface area contributed by atoms with E-state index in [2.05, 4.69) is 32.8 Å². The molecule has 0 fully saturated rings. The molecule has 156 valence electrons. The van der Waals surface area contributed by atoms with Crippen molar-refractivity contribution in [1.82, 2.24) is 10.6 Å². The van der Waals surface area contributed by atoms with Crippen LogP contribution in [0.4, 0.5) is 0 Å². The summed E-state index contributed by atoms with van der Waals surface area (Å²) in [7, 11) is 0. The molecule has 1 aromatic rings. The number of nitrogens with two attached hydrogens (primary N) is 2. The van der Waals surface area contributed by atoms with Crippen LogP contribution in [-0.2, 0) is 0 Å². The van der Waals surface area contributed by atoms with Crippen LogP contribution in [0, 0.1) is 0 Å². The Bertz CT molecular complexity index is 595. The molecular formula is C21H36N6O. The summed E-state index contributed by atoms with van der Waals surface area (Å²) in [6, 6.07) is 8.17. The summed E-state index contributed by atoms with van der Waals surface area (Å²) in [5, 5.41) is 6.79. The molecule has 7 nitrogen and oxygen atoms in total. The van der Waals surface area contributed by atoms with Crippen molar-refractivity contribution in [1.29, 1.82) is 0 Å². The number of aliphatic imine (C=N–C) groups is 2. The number of ether oxygens (including phenoxy) is 1. The normalized spacial score (nSPS) is 13.1. The predicted molar refractivity (Wildman–Crippen MR) is 117 cm³/mol. The molecule has 28 heavy (non-hydrogen) atoms. The first-order valence-electron chi connectivity index (χ1n) is 10.5. The molecule has 0 bridgehead atoms. The molecule has 0 radical (unpaired) electrons. The van der Waals surface area contributed by atoms with E-state index in [1.807, 2.05) is 12.1 Å². The average molecular weight is 389 g/mol. The van der Waals surface area contributed by atoms with E-state index in [-0.39, 0.29) is 5.96 Å². The summed E-state index contributed by atoms with van der Waals surface area (Å²) < 4.78 is 5.82. The molecule has 2 rings (SSSR count). The molecule has 0 saturated carbocycles. The first kappa shape index (κ1) is 22.0. The number of unbranched alkanes of at least 4 members (excludes halogenated alkanes) is 5. The fourth-order valence-electron chi connectivity index (χ4n) is 3.07. The Kier molecular flexibility index (Phi) is 10.9. The lowest BCUT2D eigenvalue weighted by Gasteiger charge is -2.08. The lowest BCUT2D eigenvalue weighted by Crippen LogP contribution is -2.22. The highest BCUT2D eigenvalue weighted by atomic mass is 16.5. The van der Waals surface area contributed by atoms with Gasteiger partial charge in [0.25, 0.3) is 0 Å². The molecule has 0 aliphatic carbocycles. The molecule has 0 atom stereocenters. The second kappa shape index (κ2) is 13.8. The zero-order valence-electron chi connectivity index (χ0n) is 17.0. The minimum Gasteiger partial charge on any atom is -0.494 e. The van der Waals surface area contributed by atoms with Gasteiger partial charge in [-0.25, -0.2) is 0 Å². The van der Waals surface area contributed by atoms with E-state index in [0.717, 1.165) is 75.7 Å². The van der Waals surface area contributed by atoms with Gasteiger partial charge in [-0.15, -0.1) is 0 Å². The van der Waals surface area contributed by atoms with Crippen molar-refractivity contribution in [2.75, 3.05) is 39.3 Å². The van der Waals surface area contributed by atoms with Gasteiger partial charge in [-0.3, -0.25) is 9.98 Å². The van der Waals surface area contributed by atoms with Crippen molar-refractivity contribution in [2.24, 2.45) is 21.5 Å². The van der Waals surface area contributed by atoms with E-state index in [1.54, 1.807) is 0 Å². The largest absolute Gasteiger partial charge is 0.494 e. The molecule has 0 amide bonds. The summed E-state index contributed by atoms with van der Waals surface area (Å²) in [6.45, 7) is 5.45. The summed E-state index contributed by atoms with van der Waals surface area (Å²) >= 11 is 0. The van der Waals surface area contributed by atoms with Crippen LogP contribution in [0.25, 0.3) is 0 Å². The van der Waals surface area contributed by atoms with Gasteiger partial charge in [0.1, 0.15) is 11.6 Å². The summed E-state index contributed by atoms with van der Waals surface area (Å²) in [5.74, 6) is 2.11. The van der Waals surface area contributed by atoms with Crippen molar-refractivity contribution >= 4 is 11.8 Å². The Balaban J connectivity index is 1.37. The lowest BCUT2D eigenvalue weighted by atomic mass is 10.1. The van der Waals surface area contributed by atoms with E-state index in [1.165, 1.54) is 25.7 Å². The first-order chi connectivity index (χ1) is 13.8. The Morgan fingerprint density at radius 2 is 1.71 bits per heavy atom. The van der Waals surface area contributed by atoms with E-state index < -0.39 is 0 Å². The van der Waals surface area contributed by atoms with Crippen molar-refractivity contribution in [3.63, 3.8) is 0 Å². The Morgan fingerprint density at radius 3 is 2.43 bits per heavy atom. The average Bonchev–Trinajstić information content (AvgIpc) is 3.23. The zero-order valence-corrected chi connectivity index (χ0v) is 17.0. The molecule has 7 heteroatoms. The van der Waals surface area contributed by atoms with Gasteiger partial charge in [0.15, 0.2) is 5.96 Å². The molecule has 1 aromatic carbocycles. The highest BCUT2D eigenvalue weighted by Gasteiger charge is 2.07. The number of hydrogen-bond acceptors (Lipinski definition) is 5. The van der Waals surface area contributed by atoms with Gasteiger partial charge in [-0.1, -0.05) is 19.3 Å². The quantitative estimate of drug-likeness (QED) is 0.209. The number of rotatable bonds is 15. The smallest absolute Gasteiger partial charge is 0.185 e. The zero-order chi connectivity index (χ0) is 19.9. The molecule has 6 N–H and O–H groups in total. The maximum absolute atomic E-state index is 5.82. The fourth-order valence-corrected chi connectivity index (χ4v) is 3.07. The predicted octanol–water partition coefficient (Wildman–Crippen LogP) is 2.01. The molecule has 0 spiro atoms. The van der Waals surface area contributed by atoms with Crippen molar-refractivity contribution in [2.45, 2.75) is 44.9 Å². The highest BCUT2D eigenvalue weighted by molar-refractivity contribution is 5.99. The number of benzene rings is 1. The van der Waals surface area contributed by atoms with E-state index in [0.29, 0.717) is 0 Å². The van der Waals surface area contributed by atoms with Gasteiger partial charge in [0.2, 0.25) is 0 Å². The molecule has 0 unspecified atom stereocenters. The number of nitrogens with zero attached hydrogens (tertiary/aromatic N) is 2. The van der Waals surface area contributed by atoms with Crippen LogP contribution in [0.1, 0.15) is 50.5 Å². The van der Waals surface area contributed by atoms with Gasteiger partial charge in [0.05, 0.1) is 13.2 Å². The molecule has 1 aliphatic heterocycles. The maximum atomic E-state index is 5.82. The van der Waals surface area contributed by atoms with Crippen LogP contribution in [0.15, 0.2) is 34.3 Å². The SMILES string of the molecule is NC(N)=NCCCCCCCNCCCCOc1ccc(C2=NCCN2)cc1. The Hall–Kier alpha value is -2.28. The van der Waals surface area contributed by atoms with Crippen molar-refractivity contribution in [3.8, 4) is 5.75 Å². The van der Waals surface area contributed by atoms with Gasteiger partial charge in [-0.05, 0) is 63.0 Å². The van der Waals surface area contributed by atoms with E-state index in [9.17, 15) is 0 Å². The van der Waals surface area contributed by atoms with Crippen molar-refractivity contribution in [3.05, 3.63) is 29.8 Å². The summed E-state index contributed by atoms with van der Waals surface area (Å²) in [4.78, 5) is 8.41. The molecular weight excluding hydrogens is 352 g/mol. The molecule has 0 saturated heterocycles. The number of nitrogens with one attached hydrogen (secondary N) is 2. The summed E-state index contributed by atoms with van der Waals surface area (Å²) in [5.41, 5.74) is 11.7. The van der Waals surface area contributed by atoms with Crippen LogP contribution in [0.2, 0.25) is 0 Å². The summed E-state index contributed by atoms with van der Waals surface area (Å²) in [6.07, 6.45) is 8.20. The topological polar surface area (TPSA) is 110 Å². The van der Waals surface area contributed by atoms with Gasteiger partial charge >= 0.3 is 0 Å². The van der Waals surface area contributed by atoms with Gasteiger partial charge in [-0.2, -0.15) is 0 Å². The number of hydrogen-bond donors (Lipinski definition) is 4. The van der Waals surface area contributed by atoms with Crippen LogP contribution in [-0.4, -0.2) is 51.1 Å². The Labute approximate surface area is 169 Å². The highest BCUT2D eigenvalue weighted by Crippen LogP contribution is 2.13. The van der Waals surface area contributed by atoms with Gasteiger partial charge in [0, 0.05) is 18.7 Å². The third-order valence-corrected chi connectivity index (χ3v) is 4.62. The van der Waals surface area contributed by atoms with Crippen LogP contribution >= 0.6 is 0 Å². The van der Waals surface area contributed by atoms with Crippen LogP contribution in [0.5, 0.6) is 5.75 Å². The van der Waals surface area contributed by atoms with Crippen LogP contribution in [0.3, 0.4) is 0 Å². The minimum atomic E-state index is 0.194. The van der Waals surface area contributed by atoms with E-state index in [4.69, 9.17) is 16.2 Å². The third kappa shape index (κ3) is 9.60. The number of amidine groups is 1. The van der Waals surface area contributed by atoms with Crippen molar-refractivity contribution < 1.29 is 4.74 Å². The second-order valence-corrected chi connectivity index (χ2v) is 7.06. The molecule has 1 aliphatic rings. The third-order valence-electron chi connectivity index (χ3n) is 4.62. The maximum Gasteiger partial charge on any atom is 0.185 e. The standard InChI is InChI=1S/C21H36N6O/c22-21(23)27-14-5-3-1-2-4-12-24-13-6-7-17-28-19-10-8-18(9-11-19)20-25-15-16-26-20/h8-11,24H,1-7,12-17H2,(H,25,26)(H4,22,23,27). The monoisotopic (exact) mass is 388 g/mol. The number of guanidine groups is 1. The van der Waals surface area contributed by atoms with Crippen LogP contribution < -0.4 is 26.8 Å². The first-order valence-corrected chi connectivity index (χ1v) is 10.5. The molecule has 0 aromatic heterocycles. The van der Waals surface area contributed by atoms with Gasteiger partial charge < -0.3 is 26.8 Å². The lowest BCUT2D eigenvalue weighted by molar-refractivity contribution is 0.305. The Morgan fingerprint density at radius 1 is 1.00 bits per heavy atom.